The SMILES string of the molecule is CNCc1ccccc1.COc1ccc(CCN(C)CC2N([C@H](C=O)C(C)C)C(=O)CN(CC#N)N2C=O)cc1. The molecule has 0 aromatic heterocycles. The Kier molecular flexibility index (Phi) is 13.8. The van der Waals surface area contributed by atoms with E-state index in [1.165, 1.54) is 20.5 Å². The van der Waals surface area contributed by atoms with Gasteiger partial charge >= 0.3 is 0 Å². The molecule has 0 saturated carbocycles. The van der Waals surface area contributed by atoms with E-state index in [0.29, 0.717) is 19.5 Å². The smallest absolute Gasteiger partial charge is 0.241 e. The summed E-state index contributed by atoms with van der Waals surface area (Å²) in [5.74, 6) is 0.415. The molecular weight excluding hydrogens is 508 g/mol. The predicted octanol–water partition coefficient (Wildman–Crippen LogP) is 2.17. The molecular formula is C30H42N6O4. The standard InChI is InChI=1S/C22H31N5O4.C8H11N/c1-17(2)20(15-28)27-21(26(16-29)25(12-10-23)14-22(27)30)13-24(3)11-9-18-5-7-19(31-4)8-6-18;1-9-7-8-5-3-2-4-6-8/h5-8,15-17,20-21H,9,11-14H2,1-4H3;2-6,9H,7H2,1H3/t20-,21?;/m1./s1. The molecule has 3 rings (SSSR count). The number of nitrogens with one attached hydrogen (secondary N) is 1. The lowest BCUT2D eigenvalue weighted by molar-refractivity contribution is -0.187. The second-order valence-electron chi connectivity index (χ2n) is 9.99. The highest BCUT2D eigenvalue weighted by Gasteiger charge is 2.43. The van der Waals surface area contributed by atoms with Crippen molar-refractivity contribution >= 4 is 18.6 Å². The summed E-state index contributed by atoms with van der Waals surface area (Å²) in [4.78, 5) is 40.2. The number of benzene rings is 2. The molecule has 216 valence electrons. The molecule has 1 N–H and O–H groups in total. The molecule has 2 aromatic carbocycles. The molecule has 2 aromatic rings. The van der Waals surface area contributed by atoms with Crippen LogP contribution in [0.15, 0.2) is 54.6 Å². The van der Waals surface area contributed by atoms with Gasteiger partial charge in [0.1, 0.15) is 24.7 Å². The Bertz CT molecular complexity index is 1090. The predicted molar refractivity (Wildman–Crippen MR) is 154 cm³/mol. The van der Waals surface area contributed by atoms with Gasteiger partial charge < -0.3 is 24.6 Å². The van der Waals surface area contributed by atoms with E-state index in [0.717, 1.165) is 30.6 Å². The van der Waals surface area contributed by atoms with Gasteiger partial charge in [-0.15, -0.1) is 0 Å². The van der Waals surface area contributed by atoms with Crippen LogP contribution in [-0.2, 0) is 27.3 Å². The fraction of sp³-hybridized carbons (Fsp3) is 0.467. The minimum Gasteiger partial charge on any atom is -0.497 e. The second kappa shape index (κ2) is 17.0. The second-order valence-corrected chi connectivity index (χ2v) is 9.99. The van der Waals surface area contributed by atoms with Gasteiger partial charge in [0.15, 0.2) is 0 Å². The largest absolute Gasteiger partial charge is 0.497 e. The number of aldehydes is 1. The number of amides is 2. The van der Waals surface area contributed by atoms with Crippen molar-refractivity contribution in [2.45, 2.75) is 39.0 Å². The molecule has 10 nitrogen and oxygen atoms in total. The summed E-state index contributed by atoms with van der Waals surface area (Å²) in [7, 11) is 5.48. The first-order valence-electron chi connectivity index (χ1n) is 13.4. The Labute approximate surface area is 238 Å². The van der Waals surface area contributed by atoms with E-state index < -0.39 is 12.2 Å². The van der Waals surface area contributed by atoms with E-state index in [4.69, 9.17) is 10.00 Å². The molecule has 1 saturated heterocycles. The van der Waals surface area contributed by atoms with Crippen LogP contribution in [0.1, 0.15) is 25.0 Å². The molecule has 1 fully saturated rings. The Morgan fingerprint density at radius 1 is 1.12 bits per heavy atom. The normalized spacial score (nSPS) is 16.2. The molecule has 1 aliphatic rings. The Morgan fingerprint density at radius 2 is 1.80 bits per heavy atom. The summed E-state index contributed by atoms with van der Waals surface area (Å²) < 4.78 is 5.18. The van der Waals surface area contributed by atoms with Crippen molar-refractivity contribution < 1.29 is 19.1 Å². The van der Waals surface area contributed by atoms with Gasteiger partial charge in [0.05, 0.1) is 25.8 Å². The Balaban J connectivity index is 0.000000526. The number of methoxy groups -OCH3 is 1. The van der Waals surface area contributed by atoms with Gasteiger partial charge in [-0.05, 0) is 49.7 Å². The zero-order chi connectivity index (χ0) is 29.5. The van der Waals surface area contributed by atoms with E-state index in [1.54, 1.807) is 7.11 Å². The van der Waals surface area contributed by atoms with Gasteiger partial charge in [0, 0.05) is 19.6 Å². The summed E-state index contributed by atoms with van der Waals surface area (Å²) in [5.41, 5.74) is 2.47. The Morgan fingerprint density at radius 3 is 2.33 bits per heavy atom. The van der Waals surface area contributed by atoms with Crippen LogP contribution >= 0.6 is 0 Å². The summed E-state index contributed by atoms with van der Waals surface area (Å²) in [5, 5.41) is 15.0. The molecule has 40 heavy (non-hydrogen) atoms. The maximum atomic E-state index is 12.9. The summed E-state index contributed by atoms with van der Waals surface area (Å²) in [6.07, 6.45) is 1.48. The van der Waals surface area contributed by atoms with Crippen molar-refractivity contribution in [1.29, 1.82) is 5.26 Å². The number of likely N-dealkylation sites (N-methyl/N-ethyl adjacent to an activating group) is 1. The zero-order valence-electron chi connectivity index (χ0n) is 24.2. The molecule has 0 spiro atoms. The summed E-state index contributed by atoms with van der Waals surface area (Å²) >= 11 is 0. The average molecular weight is 551 g/mol. The number of nitriles is 1. The number of hydrazine groups is 1. The molecule has 10 heteroatoms. The molecule has 1 aliphatic heterocycles. The van der Waals surface area contributed by atoms with E-state index in [-0.39, 0.29) is 24.9 Å². The number of rotatable bonds is 13. The molecule has 1 heterocycles. The van der Waals surface area contributed by atoms with E-state index >= 15 is 0 Å². The van der Waals surface area contributed by atoms with Gasteiger partial charge in [-0.2, -0.15) is 10.3 Å². The highest BCUT2D eigenvalue weighted by atomic mass is 16.5. The first-order valence-corrected chi connectivity index (χ1v) is 13.4. The van der Waals surface area contributed by atoms with Gasteiger partial charge in [-0.1, -0.05) is 56.3 Å². The topological polar surface area (TPSA) is 109 Å². The van der Waals surface area contributed by atoms with Crippen LogP contribution in [0.25, 0.3) is 0 Å². The number of nitrogens with zero attached hydrogens (tertiary/aromatic N) is 5. The van der Waals surface area contributed by atoms with Gasteiger partial charge in [-0.3, -0.25) is 14.6 Å². The maximum absolute atomic E-state index is 12.9. The van der Waals surface area contributed by atoms with Gasteiger partial charge in [0.25, 0.3) is 0 Å². The minimum absolute atomic E-state index is 0.0855. The number of carbonyl (C=O) groups excluding carboxylic acids is 3. The quantitative estimate of drug-likeness (QED) is 0.299. The lowest BCUT2D eigenvalue weighted by Crippen LogP contribution is -2.70. The third kappa shape index (κ3) is 9.45. The van der Waals surface area contributed by atoms with Crippen LogP contribution in [0.4, 0.5) is 0 Å². The number of hydrogen-bond acceptors (Lipinski definition) is 8. The molecule has 0 aliphatic carbocycles. The first-order chi connectivity index (χ1) is 19.3. The third-order valence-electron chi connectivity index (χ3n) is 6.70. The van der Waals surface area contributed by atoms with Crippen molar-refractivity contribution in [2.75, 3.05) is 47.4 Å². The van der Waals surface area contributed by atoms with Crippen molar-refractivity contribution in [3.63, 3.8) is 0 Å². The average Bonchev–Trinajstić information content (AvgIpc) is 2.95. The van der Waals surface area contributed by atoms with Gasteiger partial charge in [0.2, 0.25) is 12.3 Å². The van der Waals surface area contributed by atoms with Crippen molar-refractivity contribution in [1.82, 2.24) is 25.1 Å². The molecule has 0 radical (unpaired) electrons. The number of hydrogen-bond donors (Lipinski definition) is 1. The molecule has 2 amide bonds. The Hall–Kier alpha value is -3.78. The highest BCUT2D eigenvalue weighted by Crippen LogP contribution is 2.22. The maximum Gasteiger partial charge on any atom is 0.241 e. The van der Waals surface area contributed by atoms with Crippen LogP contribution in [-0.4, -0.2) is 98.0 Å². The third-order valence-corrected chi connectivity index (χ3v) is 6.70. The van der Waals surface area contributed by atoms with E-state index in [1.807, 2.05) is 81.4 Å². The highest BCUT2D eigenvalue weighted by molar-refractivity contribution is 5.83. The lowest BCUT2D eigenvalue weighted by atomic mass is 10.0. The van der Waals surface area contributed by atoms with Crippen LogP contribution in [0.2, 0.25) is 0 Å². The van der Waals surface area contributed by atoms with Crippen LogP contribution in [0.3, 0.4) is 0 Å². The zero-order valence-corrected chi connectivity index (χ0v) is 24.2. The van der Waals surface area contributed by atoms with Gasteiger partial charge in [-0.25, -0.2) is 0 Å². The summed E-state index contributed by atoms with van der Waals surface area (Å²) in [6.45, 7) is 5.52. The van der Waals surface area contributed by atoms with E-state index in [9.17, 15) is 14.4 Å². The lowest BCUT2D eigenvalue weighted by Gasteiger charge is -2.50. The van der Waals surface area contributed by atoms with Crippen LogP contribution < -0.4 is 10.1 Å². The number of ether oxygens (including phenoxy) is 1. The van der Waals surface area contributed by atoms with Crippen LogP contribution in [0.5, 0.6) is 5.75 Å². The molecule has 1 unspecified atom stereocenters. The molecule has 2 atom stereocenters. The number of carbonyl (C=O) groups is 3. The van der Waals surface area contributed by atoms with Crippen molar-refractivity contribution in [3.05, 3.63) is 65.7 Å². The van der Waals surface area contributed by atoms with Crippen molar-refractivity contribution in [2.24, 2.45) is 5.92 Å². The first kappa shape index (κ1) is 32.4. The monoisotopic (exact) mass is 550 g/mol. The molecule has 0 bridgehead atoms. The fourth-order valence-electron chi connectivity index (χ4n) is 4.52. The minimum atomic E-state index is -0.675. The van der Waals surface area contributed by atoms with Crippen LogP contribution in [0, 0.1) is 17.2 Å². The summed E-state index contributed by atoms with van der Waals surface area (Å²) in [6, 6.07) is 19.5. The van der Waals surface area contributed by atoms with Crippen molar-refractivity contribution in [3.8, 4) is 11.8 Å². The fourth-order valence-corrected chi connectivity index (χ4v) is 4.52. The van der Waals surface area contributed by atoms with E-state index in [2.05, 4.69) is 17.4 Å².